The number of β-amino-alcohol motifs (C(OH)–C–C–N with tert-alkyl or cyclic N) is 1. The fourth-order valence-corrected chi connectivity index (χ4v) is 4.94. The Hall–Kier alpha value is -4.21. The molecule has 2 aliphatic rings. The van der Waals surface area contributed by atoms with Crippen LogP contribution in [0.25, 0.3) is 11.3 Å². The van der Waals surface area contributed by atoms with Gasteiger partial charge in [0.05, 0.1) is 37.1 Å². The Kier molecular flexibility index (Phi) is 6.76. The third-order valence-corrected chi connectivity index (χ3v) is 6.85. The molecule has 1 unspecified atom stereocenters. The summed E-state index contributed by atoms with van der Waals surface area (Å²) in [5, 5.41) is 12.5. The van der Waals surface area contributed by atoms with E-state index in [0.29, 0.717) is 43.4 Å². The molecule has 6 rings (SSSR count). The normalized spacial score (nSPS) is 19.0. The summed E-state index contributed by atoms with van der Waals surface area (Å²) in [6, 6.07) is 19.4. The summed E-state index contributed by atoms with van der Waals surface area (Å²) in [7, 11) is 0. The predicted molar refractivity (Wildman–Crippen MR) is 142 cm³/mol. The van der Waals surface area contributed by atoms with Gasteiger partial charge < -0.3 is 24.9 Å². The van der Waals surface area contributed by atoms with E-state index in [0.717, 1.165) is 34.8 Å². The number of fused-ring (bicyclic) bond motifs is 1. The van der Waals surface area contributed by atoms with Crippen molar-refractivity contribution in [2.24, 2.45) is 0 Å². The monoisotopic (exact) mass is 511 g/mol. The summed E-state index contributed by atoms with van der Waals surface area (Å²) >= 11 is 0. The fourth-order valence-electron chi connectivity index (χ4n) is 4.94. The van der Waals surface area contributed by atoms with Crippen LogP contribution in [0, 0.1) is 0 Å². The van der Waals surface area contributed by atoms with Gasteiger partial charge in [0, 0.05) is 25.4 Å². The second-order valence-corrected chi connectivity index (χ2v) is 9.73. The number of ether oxygens (including phenoxy) is 2. The molecule has 2 aliphatic heterocycles. The molecule has 1 saturated heterocycles. The minimum Gasteiger partial charge on any atom is -0.493 e. The van der Waals surface area contributed by atoms with Crippen molar-refractivity contribution in [3.63, 3.8) is 0 Å². The van der Waals surface area contributed by atoms with Gasteiger partial charge in [-0.05, 0) is 48.2 Å². The SMILES string of the molecule is O=C(CN1CC[C@@H](O)C1)Nc1cc(Oc2ccc3c(c2)CC(c2ncc(-c4ccccc4)[nH]2)CO3)ccn1. The number of aromatic amines is 1. The first-order valence-corrected chi connectivity index (χ1v) is 12.8. The molecule has 0 saturated carbocycles. The lowest BCUT2D eigenvalue weighted by Crippen LogP contribution is -2.32. The van der Waals surface area contributed by atoms with Gasteiger partial charge in [0.15, 0.2) is 0 Å². The van der Waals surface area contributed by atoms with E-state index in [4.69, 9.17) is 9.47 Å². The maximum absolute atomic E-state index is 12.4. The van der Waals surface area contributed by atoms with E-state index in [1.807, 2.05) is 47.5 Å². The lowest BCUT2D eigenvalue weighted by molar-refractivity contribution is -0.117. The molecule has 3 N–H and O–H groups in total. The molecular formula is C29H29N5O4. The van der Waals surface area contributed by atoms with Gasteiger partial charge in [-0.15, -0.1) is 0 Å². The van der Waals surface area contributed by atoms with E-state index >= 15 is 0 Å². The number of hydrogen-bond acceptors (Lipinski definition) is 7. The van der Waals surface area contributed by atoms with Crippen LogP contribution in [0.4, 0.5) is 5.82 Å². The zero-order valence-electron chi connectivity index (χ0n) is 20.8. The summed E-state index contributed by atoms with van der Waals surface area (Å²) < 4.78 is 12.1. The average molecular weight is 512 g/mol. The van der Waals surface area contributed by atoms with Crippen LogP contribution in [0.2, 0.25) is 0 Å². The van der Waals surface area contributed by atoms with Gasteiger partial charge in [0.25, 0.3) is 0 Å². The third kappa shape index (κ3) is 5.53. The number of rotatable bonds is 7. The summed E-state index contributed by atoms with van der Waals surface area (Å²) in [4.78, 5) is 26.6. The van der Waals surface area contributed by atoms with Crippen molar-refractivity contribution >= 4 is 11.7 Å². The maximum Gasteiger partial charge on any atom is 0.239 e. The van der Waals surface area contributed by atoms with Gasteiger partial charge in [-0.1, -0.05) is 30.3 Å². The number of amides is 1. The molecule has 0 spiro atoms. The summed E-state index contributed by atoms with van der Waals surface area (Å²) in [6.45, 7) is 2.00. The number of anilines is 1. The quantitative estimate of drug-likeness (QED) is 0.344. The number of benzene rings is 2. The Morgan fingerprint density at radius 3 is 2.84 bits per heavy atom. The Balaban J connectivity index is 1.10. The van der Waals surface area contributed by atoms with Gasteiger partial charge in [-0.25, -0.2) is 9.97 Å². The number of aromatic nitrogens is 3. The first-order valence-electron chi connectivity index (χ1n) is 12.8. The van der Waals surface area contributed by atoms with Crippen LogP contribution in [0.1, 0.15) is 23.7 Å². The highest BCUT2D eigenvalue weighted by Gasteiger charge is 2.25. The zero-order valence-corrected chi connectivity index (χ0v) is 20.8. The van der Waals surface area contributed by atoms with Crippen LogP contribution in [0.5, 0.6) is 17.2 Å². The number of carbonyl (C=O) groups excluding carboxylic acids is 1. The van der Waals surface area contributed by atoms with Crippen LogP contribution in [0.3, 0.4) is 0 Å². The molecule has 0 radical (unpaired) electrons. The Morgan fingerprint density at radius 1 is 1.13 bits per heavy atom. The van der Waals surface area contributed by atoms with Crippen molar-refractivity contribution < 1.29 is 19.4 Å². The Labute approximate surface area is 220 Å². The topological polar surface area (TPSA) is 113 Å². The molecule has 2 aromatic carbocycles. The van der Waals surface area contributed by atoms with E-state index < -0.39 is 0 Å². The number of nitrogens with one attached hydrogen (secondary N) is 2. The zero-order chi connectivity index (χ0) is 25.9. The minimum absolute atomic E-state index is 0.106. The van der Waals surface area contributed by atoms with Crippen LogP contribution >= 0.6 is 0 Å². The number of H-pyrrole nitrogens is 1. The van der Waals surface area contributed by atoms with E-state index in [2.05, 4.69) is 32.4 Å². The van der Waals surface area contributed by atoms with Crippen molar-refractivity contribution in [2.75, 3.05) is 31.6 Å². The van der Waals surface area contributed by atoms with Crippen LogP contribution in [-0.2, 0) is 11.2 Å². The van der Waals surface area contributed by atoms with Crippen LogP contribution in [-0.4, -0.2) is 63.2 Å². The van der Waals surface area contributed by atoms with Crippen molar-refractivity contribution in [3.8, 4) is 28.5 Å². The smallest absolute Gasteiger partial charge is 0.239 e. The van der Waals surface area contributed by atoms with E-state index in [-0.39, 0.29) is 24.5 Å². The number of aliphatic hydroxyl groups excluding tert-OH is 1. The minimum atomic E-state index is -0.360. The fraction of sp³-hybridized carbons (Fsp3) is 0.276. The molecule has 194 valence electrons. The maximum atomic E-state index is 12.4. The van der Waals surface area contributed by atoms with Gasteiger partial charge in [-0.2, -0.15) is 0 Å². The molecule has 2 atom stereocenters. The standard InChI is InChI=1S/C29H29N5O4/c35-22-9-11-34(16-22)17-28(36)33-27-14-24(8-10-30-27)38-23-6-7-26-20(13-23)12-21(18-37-26)29-31-15-25(32-29)19-4-2-1-3-5-19/h1-8,10,13-15,21-22,35H,9,11-12,16-18H2,(H,31,32)(H,30,33,36)/t21?,22-/m1/s1. The molecule has 1 amide bonds. The number of likely N-dealkylation sites (tertiary alicyclic amines) is 1. The van der Waals surface area contributed by atoms with Gasteiger partial charge in [-0.3, -0.25) is 9.69 Å². The van der Waals surface area contributed by atoms with E-state index in [9.17, 15) is 9.90 Å². The lowest BCUT2D eigenvalue weighted by atomic mass is 9.96. The molecule has 2 aromatic heterocycles. The van der Waals surface area contributed by atoms with Gasteiger partial charge >= 0.3 is 0 Å². The second kappa shape index (κ2) is 10.6. The third-order valence-electron chi connectivity index (χ3n) is 6.85. The van der Waals surface area contributed by atoms with Crippen molar-refractivity contribution in [2.45, 2.75) is 24.9 Å². The molecule has 38 heavy (non-hydrogen) atoms. The number of pyridine rings is 1. The predicted octanol–water partition coefficient (Wildman–Crippen LogP) is 3.99. The average Bonchev–Trinajstić information content (AvgIpc) is 3.58. The lowest BCUT2D eigenvalue weighted by Gasteiger charge is -2.24. The molecule has 4 heterocycles. The Bertz CT molecular complexity index is 1420. The van der Waals surface area contributed by atoms with Gasteiger partial charge in [0.1, 0.15) is 28.9 Å². The van der Waals surface area contributed by atoms with Crippen molar-refractivity contribution in [3.05, 3.63) is 84.4 Å². The molecule has 0 aliphatic carbocycles. The first-order chi connectivity index (χ1) is 18.6. The molecule has 9 heteroatoms. The summed E-state index contributed by atoms with van der Waals surface area (Å²) in [5.41, 5.74) is 3.13. The molecule has 4 aromatic rings. The highest BCUT2D eigenvalue weighted by atomic mass is 16.5. The second-order valence-electron chi connectivity index (χ2n) is 9.73. The number of carbonyl (C=O) groups is 1. The summed E-state index contributed by atoms with van der Waals surface area (Å²) in [6.07, 6.45) is 4.58. The van der Waals surface area contributed by atoms with Crippen molar-refractivity contribution in [1.82, 2.24) is 19.9 Å². The highest BCUT2D eigenvalue weighted by Crippen LogP contribution is 2.35. The van der Waals surface area contributed by atoms with Crippen LogP contribution in [0.15, 0.2) is 73.1 Å². The summed E-state index contributed by atoms with van der Waals surface area (Å²) in [5.74, 6) is 3.34. The molecule has 1 fully saturated rings. The number of nitrogens with zero attached hydrogens (tertiary/aromatic N) is 3. The van der Waals surface area contributed by atoms with Crippen LogP contribution < -0.4 is 14.8 Å². The molecular weight excluding hydrogens is 482 g/mol. The molecule has 0 bridgehead atoms. The number of imidazole rings is 1. The Morgan fingerprint density at radius 2 is 2.00 bits per heavy atom. The number of aliphatic hydroxyl groups is 1. The number of hydrogen-bond donors (Lipinski definition) is 3. The van der Waals surface area contributed by atoms with Gasteiger partial charge in [0.2, 0.25) is 5.91 Å². The first kappa shape index (κ1) is 24.1. The van der Waals surface area contributed by atoms with E-state index in [1.54, 1.807) is 18.3 Å². The largest absolute Gasteiger partial charge is 0.493 e. The van der Waals surface area contributed by atoms with E-state index in [1.165, 1.54) is 0 Å². The highest BCUT2D eigenvalue weighted by molar-refractivity contribution is 5.91. The van der Waals surface area contributed by atoms with Crippen molar-refractivity contribution in [1.29, 1.82) is 0 Å². The molecule has 9 nitrogen and oxygen atoms in total.